The molecule has 4 N–H and O–H groups in total. The molecule has 0 aromatic carbocycles. The van der Waals surface area contributed by atoms with Gasteiger partial charge in [0.2, 0.25) is 0 Å². The number of rotatable bonds is 4. The lowest BCUT2D eigenvalue weighted by Crippen LogP contribution is -2.63. The summed E-state index contributed by atoms with van der Waals surface area (Å²) < 4.78 is 26.8. The number of morpholine rings is 1. The van der Waals surface area contributed by atoms with Crippen LogP contribution in [0.4, 0.5) is 0 Å². The smallest absolute Gasteiger partial charge is 0.136 e. The van der Waals surface area contributed by atoms with Gasteiger partial charge in [0.25, 0.3) is 0 Å². The molecule has 10 heteroatoms. The lowest BCUT2D eigenvalue weighted by atomic mass is 9.93. The van der Waals surface area contributed by atoms with Crippen molar-refractivity contribution in [2.24, 2.45) is 5.92 Å². The molecule has 3 unspecified atom stereocenters. The summed E-state index contributed by atoms with van der Waals surface area (Å²) >= 11 is 0.0908. The molecule has 0 aromatic heterocycles. The highest BCUT2D eigenvalue weighted by Crippen LogP contribution is 2.33. The lowest BCUT2D eigenvalue weighted by Gasteiger charge is -2.44. The maximum absolute atomic E-state index is 12.7. The quantitative estimate of drug-likeness (QED) is 0.333. The molecule has 3 rings (SSSR count). The zero-order valence-electron chi connectivity index (χ0n) is 18.0. The topological polar surface area (TPSA) is 117 Å². The van der Waals surface area contributed by atoms with Crippen molar-refractivity contribution < 1.29 is 29.3 Å². The Balaban J connectivity index is 1.77. The van der Waals surface area contributed by atoms with E-state index in [4.69, 9.17) is 9.47 Å². The molecular weight excluding hydrogens is 428 g/mol. The maximum Gasteiger partial charge on any atom is 0.136 e. The Morgan fingerprint density at radius 2 is 1.87 bits per heavy atom. The summed E-state index contributed by atoms with van der Waals surface area (Å²) in [5, 5.41) is 31.5. The van der Waals surface area contributed by atoms with Crippen LogP contribution in [-0.4, -0.2) is 104 Å². The molecule has 8 nitrogen and oxygen atoms in total. The Morgan fingerprint density at radius 3 is 2.53 bits per heavy atom. The Labute approximate surface area is 186 Å². The fourth-order valence-electron chi connectivity index (χ4n) is 3.83. The number of aliphatic hydroxyl groups is 3. The number of fused-ring (bicyclic) bond motifs is 2. The van der Waals surface area contributed by atoms with Gasteiger partial charge in [0, 0.05) is 36.7 Å². The van der Waals surface area contributed by atoms with Crippen molar-refractivity contribution >= 4 is 23.1 Å². The van der Waals surface area contributed by atoms with Gasteiger partial charge in [-0.2, -0.15) is 0 Å². The predicted octanol–water partition coefficient (Wildman–Crippen LogP) is -0.144. The monoisotopic (exact) mass is 464 g/mol. The first kappa shape index (κ1) is 24.8. The van der Waals surface area contributed by atoms with Crippen LogP contribution >= 0.6 is 11.8 Å². The summed E-state index contributed by atoms with van der Waals surface area (Å²) in [4.78, 5) is 2.37. The first-order valence-corrected chi connectivity index (χ1v) is 12.8. The molecule has 0 aromatic rings. The number of ether oxygens (including phenoxy) is 2. The maximum atomic E-state index is 12.7. The van der Waals surface area contributed by atoms with E-state index in [-0.39, 0.29) is 5.92 Å². The van der Waals surface area contributed by atoms with Crippen LogP contribution < -0.4 is 4.72 Å². The molecule has 3 heterocycles. The Kier molecular flexibility index (Phi) is 8.93. The minimum Gasteiger partial charge on any atom is -0.598 e. The number of nitrogens with zero attached hydrogens (tertiary/aromatic N) is 1. The van der Waals surface area contributed by atoms with E-state index in [0.29, 0.717) is 6.42 Å². The number of hydrogen-bond donors (Lipinski definition) is 4. The first-order valence-electron chi connectivity index (χ1n) is 10.6. The Morgan fingerprint density at radius 1 is 1.17 bits per heavy atom. The second-order valence-corrected chi connectivity index (χ2v) is 12.3. The van der Waals surface area contributed by atoms with Crippen LogP contribution in [0.3, 0.4) is 0 Å². The van der Waals surface area contributed by atoms with Crippen LogP contribution in [0.15, 0.2) is 12.2 Å². The zero-order valence-corrected chi connectivity index (χ0v) is 19.6. The number of thioether (sulfide) groups is 1. The van der Waals surface area contributed by atoms with Gasteiger partial charge in [-0.05, 0) is 33.1 Å². The molecule has 2 bridgehead atoms. The fraction of sp³-hybridized carbons (Fsp3) is 0.900. The highest BCUT2D eigenvalue weighted by atomic mass is 32.2. The van der Waals surface area contributed by atoms with Crippen LogP contribution in [0.1, 0.15) is 27.2 Å². The minimum absolute atomic E-state index is 0.248. The highest BCUT2D eigenvalue weighted by Gasteiger charge is 2.48. The van der Waals surface area contributed by atoms with E-state index < -0.39 is 52.0 Å². The van der Waals surface area contributed by atoms with Gasteiger partial charge in [-0.3, -0.25) is 4.90 Å². The summed E-state index contributed by atoms with van der Waals surface area (Å²) in [6.07, 6.45) is 0.210. The van der Waals surface area contributed by atoms with E-state index in [1.807, 2.05) is 20.8 Å². The third-order valence-corrected chi connectivity index (χ3v) is 8.66. The second kappa shape index (κ2) is 10.8. The SMILES string of the molecule is CC(C)(C)[S@@+]([O-])N[C@@H]1C/C=C\C(CN2CCOCC2)CSC2O[C@H]1[C@@H](O)C(O)[C@H]2O. The van der Waals surface area contributed by atoms with E-state index in [1.165, 1.54) is 11.8 Å². The summed E-state index contributed by atoms with van der Waals surface area (Å²) in [5.74, 6) is 0.982. The van der Waals surface area contributed by atoms with Crippen LogP contribution in [0.5, 0.6) is 0 Å². The summed E-state index contributed by atoms with van der Waals surface area (Å²) in [5.41, 5.74) is -0.653. The molecule has 0 radical (unpaired) electrons. The van der Waals surface area contributed by atoms with Crippen molar-refractivity contribution in [3.8, 4) is 0 Å². The van der Waals surface area contributed by atoms with Gasteiger partial charge in [0.05, 0.1) is 19.3 Å². The molecule has 30 heavy (non-hydrogen) atoms. The van der Waals surface area contributed by atoms with Crippen molar-refractivity contribution in [3.05, 3.63) is 12.2 Å². The van der Waals surface area contributed by atoms with E-state index in [1.54, 1.807) is 0 Å². The number of aliphatic hydroxyl groups excluding tert-OH is 3. The van der Waals surface area contributed by atoms with E-state index in [9.17, 15) is 19.9 Å². The number of hydrogen-bond acceptors (Lipinski definition) is 9. The van der Waals surface area contributed by atoms with Crippen LogP contribution in [0, 0.1) is 5.92 Å². The van der Waals surface area contributed by atoms with Crippen LogP contribution in [-0.2, 0) is 20.8 Å². The zero-order chi connectivity index (χ0) is 21.9. The fourth-order valence-corrected chi connectivity index (χ4v) is 5.91. The molecule has 2 saturated heterocycles. The van der Waals surface area contributed by atoms with E-state index in [2.05, 4.69) is 21.8 Å². The standard InChI is InChI=1S/C20H36N2O6S2/c1-20(2,3)30(26)21-14-6-4-5-13(11-22-7-9-27-10-8-22)12-29-19-17(25)15(23)16(24)18(14)28-19/h4-5,13-19,21,23-25H,6-12H2,1-3H3/b5-4-/t13?,14-,15?,16+,17-,18-,19?,30-/m1/s1. The minimum atomic E-state index is -1.37. The van der Waals surface area contributed by atoms with Crippen molar-refractivity contribution in [3.63, 3.8) is 0 Å². The molecule has 0 saturated carbocycles. The van der Waals surface area contributed by atoms with Crippen molar-refractivity contribution in [1.29, 1.82) is 0 Å². The highest BCUT2D eigenvalue weighted by molar-refractivity contribution is 7.99. The molecular formula is C20H36N2O6S2. The molecule has 3 aliphatic rings. The third kappa shape index (κ3) is 6.34. The van der Waals surface area contributed by atoms with Crippen LogP contribution in [0.2, 0.25) is 0 Å². The Hall–Kier alpha value is 0.120. The summed E-state index contributed by atoms with van der Waals surface area (Å²) in [6, 6.07) is -0.455. The van der Waals surface area contributed by atoms with Gasteiger partial charge >= 0.3 is 0 Å². The van der Waals surface area contributed by atoms with Crippen molar-refractivity contribution in [2.45, 2.75) is 67.8 Å². The van der Waals surface area contributed by atoms with Gasteiger partial charge in [-0.15, -0.1) is 16.5 Å². The molecule has 0 spiro atoms. The third-order valence-electron chi connectivity index (χ3n) is 5.69. The summed E-state index contributed by atoms with van der Waals surface area (Å²) in [6.45, 7) is 9.80. The van der Waals surface area contributed by atoms with Gasteiger partial charge in [0.15, 0.2) is 0 Å². The van der Waals surface area contributed by atoms with Crippen molar-refractivity contribution in [2.75, 3.05) is 38.6 Å². The normalized spacial score (nSPS) is 41.2. The average Bonchev–Trinajstić information content (AvgIpc) is 2.70. The van der Waals surface area contributed by atoms with Crippen LogP contribution in [0.25, 0.3) is 0 Å². The molecule has 2 fully saturated rings. The van der Waals surface area contributed by atoms with E-state index in [0.717, 1.165) is 38.6 Å². The van der Waals surface area contributed by atoms with Gasteiger partial charge < -0.3 is 29.3 Å². The van der Waals surface area contributed by atoms with E-state index >= 15 is 0 Å². The van der Waals surface area contributed by atoms with Crippen molar-refractivity contribution in [1.82, 2.24) is 9.62 Å². The summed E-state index contributed by atoms with van der Waals surface area (Å²) in [7, 11) is 0. The Bertz CT molecular complexity index is 572. The largest absolute Gasteiger partial charge is 0.598 e. The molecule has 0 aliphatic carbocycles. The molecule has 174 valence electrons. The molecule has 8 atom stereocenters. The average molecular weight is 465 g/mol. The molecule has 3 aliphatic heterocycles. The van der Waals surface area contributed by atoms with Gasteiger partial charge in [0.1, 0.15) is 34.6 Å². The first-order chi connectivity index (χ1) is 14.2. The second-order valence-electron chi connectivity index (χ2n) is 9.22. The molecule has 0 amide bonds. The lowest BCUT2D eigenvalue weighted by molar-refractivity contribution is -0.203. The van der Waals surface area contributed by atoms with Gasteiger partial charge in [-0.25, -0.2) is 0 Å². The predicted molar refractivity (Wildman–Crippen MR) is 118 cm³/mol. The number of nitrogens with one attached hydrogen (secondary N) is 1. The van der Waals surface area contributed by atoms with Gasteiger partial charge in [-0.1, -0.05) is 12.2 Å².